The smallest absolute Gasteiger partial charge is 0.348 e. The molecule has 1 atom stereocenters. The summed E-state index contributed by atoms with van der Waals surface area (Å²) >= 11 is 1.09. The molecule has 2 aliphatic rings. The highest BCUT2D eigenvalue weighted by molar-refractivity contribution is 7.15. The summed E-state index contributed by atoms with van der Waals surface area (Å²) in [5, 5.41) is 10.1. The van der Waals surface area contributed by atoms with Crippen LogP contribution in [-0.4, -0.2) is 72.5 Å². The van der Waals surface area contributed by atoms with Crippen LogP contribution < -0.4 is 4.90 Å². The fraction of sp³-hybridized carbons (Fsp3) is 0.690. The van der Waals surface area contributed by atoms with Crippen molar-refractivity contribution in [1.82, 2.24) is 9.80 Å². The molecule has 1 aromatic rings. The molecule has 2 amide bonds. The lowest BCUT2D eigenvalue weighted by Gasteiger charge is -2.36. The molecule has 1 saturated heterocycles. The van der Waals surface area contributed by atoms with Crippen LogP contribution >= 0.6 is 11.3 Å². The number of thiophene rings is 1. The number of likely N-dealkylation sites (tertiary alicyclic amines) is 1. The van der Waals surface area contributed by atoms with Crippen molar-refractivity contribution in [3.63, 3.8) is 0 Å². The first-order chi connectivity index (χ1) is 17.4. The molecule has 0 bridgehead atoms. The molecular weight excluding hydrogens is 486 g/mol. The number of hydrogen-bond acceptors (Lipinski definition) is 5. The lowest BCUT2D eigenvalue weighted by atomic mass is 9.82. The average molecular weight is 530 g/mol. The highest BCUT2D eigenvalue weighted by Gasteiger charge is 2.40. The number of carbonyl (C=O) groups is 3. The van der Waals surface area contributed by atoms with Crippen molar-refractivity contribution in [1.29, 1.82) is 0 Å². The van der Waals surface area contributed by atoms with Gasteiger partial charge in [-0.15, -0.1) is 11.3 Å². The van der Waals surface area contributed by atoms with Crippen molar-refractivity contribution >= 4 is 34.8 Å². The van der Waals surface area contributed by atoms with E-state index < -0.39 is 12.0 Å². The largest absolute Gasteiger partial charge is 0.477 e. The normalized spacial score (nSPS) is 22.8. The zero-order chi connectivity index (χ0) is 27.3. The number of carboxylic acid groups (broad SMARTS) is 1. The Morgan fingerprint density at radius 3 is 2.41 bits per heavy atom. The van der Waals surface area contributed by atoms with Crippen LogP contribution in [-0.2, 0) is 9.59 Å². The summed E-state index contributed by atoms with van der Waals surface area (Å²) in [4.78, 5) is 46.6. The second kappa shape index (κ2) is 12.4. The third-order valence-electron chi connectivity index (χ3n) is 7.21. The summed E-state index contributed by atoms with van der Waals surface area (Å²) in [5.74, 6) is 5.37. The SMILES string of the molecule is CC1CCC(C(=O)N(c2cc(C#CC(C)(C)C)sc2C(=O)O)[C@H]2CCCCN(CCN(C)C)C2=O)CC1. The van der Waals surface area contributed by atoms with Gasteiger partial charge in [0, 0.05) is 31.0 Å². The number of anilines is 1. The van der Waals surface area contributed by atoms with Crippen molar-refractivity contribution in [3.05, 3.63) is 15.8 Å². The van der Waals surface area contributed by atoms with Gasteiger partial charge in [0.1, 0.15) is 10.9 Å². The van der Waals surface area contributed by atoms with Gasteiger partial charge in [-0.3, -0.25) is 14.5 Å². The minimum Gasteiger partial charge on any atom is -0.477 e. The maximum atomic E-state index is 14.2. The maximum absolute atomic E-state index is 14.2. The third-order valence-corrected chi connectivity index (χ3v) is 8.24. The summed E-state index contributed by atoms with van der Waals surface area (Å²) in [6.45, 7) is 10.2. The van der Waals surface area contributed by atoms with E-state index in [0.717, 1.165) is 56.4 Å². The van der Waals surface area contributed by atoms with Gasteiger partial charge in [-0.25, -0.2) is 4.79 Å². The van der Waals surface area contributed by atoms with Crippen molar-refractivity contribution < 1.29 is 19.5 Å². The Bertz CT molecular complexity index is 1040. The van der Waals surface area contributed by atoms with Crippen molar-refractivity contribution in [2.24, 2.45) is 17.3 Å². The molecule has 0 unspecified atom stereocenters. The molecule has 8 heteroatoms. The second-order valence-electron chi connectivity index (χ2n) is 11.9. The first kappa shape index (κ1) is 29.2. The zero-order valence-corrected chi connectivity index (χ0v) is 24.1. The number of aromatic carboxylic acids is 1. The van der Waals surface area contributed by atoms with Crippen LogP contribution in [0.5, 0.6) is 0 Å². The van der Waals surface area contributed by atoms with Crippen molar-refractivity contribution in [3.8, 4) is 11.8 Å². The molecule has 1 saturated carbocycles. The van der Waals surface area contributed by atoms with Gasteiger partial charge >= 0.3 is 5.97 Å². The molecule has 1 aliphatic carbocycles. The predicted molar refractivity (Wildman–Crippen MR) is 149 cm³/mol. The van der Waals surface area contributed by atoms with Gasteiger partial charge in [-0.2, -0.15) is 0 Å². The predicted octanol–water partition coefficient (Wildman–Crippen LogP) is 4.95. The van der Waals surface area contributed by atoms with E-state index in [1.165, 1.54) is 0 Å². The van der Waals surface area contributed by atoms with E-state index in [2.05, 4.69) is 18.8 Å². The Morgan fingerprint density at radius 2 is 1.81 bits per heavy atom. The van der Waals surface area contributed by atoms with Crippen LogP contribution in [0.4, 0.5) is 5.69 Å². The fourth-order valence-corrected chi connectivity index (χ4v) is 5.88. The number of likely N-dealkylation sites (N-methyl/N-ethyl adjacent to an activating group) is 1. The van der Waals surface area contributed by atoms with E-state index in [-0.39, 0.29) is 28.0 Å². The first-order valence-electron chi connectivity index (χ1n) is 13.5. The number of amides is 2. The highest BCUT2D eigenvalue weighted by atomic mass is 32.1. The molecule has 2 heterocycles. The lowest BCUT2D eigenvalue weighted by Crippen LogP contribution is -2.53. The Balaban J connectivity index is 2.07. The average Bonchev–Trinajstić information content (AvgIpc) is 3.16. The quantitative estimate of drug-likeness (QED) is 0.506. The van der Waals surface area contributed by atoms with E-state index in [1.54, 1.807) is 11.0 Å². The standard InChI is InChI=1S/C29H43N3O4S/c1-20-10-12-21(13-11-20)26(33)32(23-9-7-8-16-31(27(23)34)18-17-30(5)6)24-19-22(14-15-29(2,3)4)37-25(24)28(35)36/h19-21,23H,7-13,16-18H2,1-6H3,(H,35,36)/t20?,21?,23-/m0/s1. The van der Waals surface area contributed by atoms with Crippen molar-refractivity contribution in [2.75, 3.05) is 38.6 Å². The molecule has 0 aromatic carbocycles. The molecule has 0 radical (unpaired) electrons. The molecule has 1 aliphatic heterocycles. The van der Waals surface area contributed by atoms with Crippen LogP contribution in [0.25, 0.3) is 0 Å². The van der Waals surface area contributed by atoms with Crippen LogP contribution in [0, 0.1) is 29.1 Å². The van der Waals surface area contributed by atoms with Gasteiger partial charge < -0.3 is 14.9 Å². The Kier molecular flexibility index (Phi) is 9.82. The van der Waals surface area contributed by atoms with E-state index in [4.69, 9.17) is 0 Å². The fourth-order valence-electron chi connectivity index (χ4n) is 5.04. The first-order valence-corrected chi connectivity index (χ1v) is 14.4. The van der Waals surface area contributed by atoms with E-state index in [9.17, 15) is 19.5 Å². The molecule has 3 rings (SSSR count). The number of hydrogen-bond donors (Lipinski definition) is 1. The summed E-state index contributed by atoms with van der Waals surface area (Å²) in [5.41, 5.74) is 0.0820. The Labute approximate surface area is 226 Å². The molecule has 1 aromatic heterocycles. The maximum Gasteiger partial charge on any atom is 0.348 e. The topological polar surface area (TPSA) is 81.2 Å². The van der Waals surface area contributed by atoms with Crippen LogP contribution in [0.15, 0.2) is 6.07 Å². The third kappa shape index (κ3) is 7.81. The molecule has 2 fully saturated rings. The minimum absolute atomic E-state index is 0.0765. The van der Waals surface area contributed by atoms with Crippen LogP contribution in [0.2, 0.25) is 0 Å². The lowest BCUT2D eigenvalue weighted by molar-refractivity contribution is -0.135. The summed E-state index contributed by atoms with van der Waals surface area (Å²) in [6, 6.07) is 1.02. The van der Waals surface area contributed by atoms with Gasteiger partial charge in [-0.1, -0.05) is 18.8 Å². The zero-order valence-electron chi connectivity index (χ0n) is 23.3. The van der Waals surface area contributed by atoms with Crippen LogP contribution in [0.3, 0.4) is 0 Å². The second-order valence-corrected chi connectivity index (χ2v) is 13.0. The summed E-state index contributed by atoms with van der Waals surface area (Å²) < 4.78 is 0. The summed E-state index contributed by atoms with van der Waals surface area (Å²) in [7, 11) is 3.95. The van der Waals surface area contributed by atoms with E-state index >= 15 is 0 Å². The Morgan fingerprint density at radius 1 is 1.14 bits per heavy atom. The van der Waals surface area contributed by atoms with Gasteiger partial charge in [-0.05, 0) is 91.8 Å². The van der Waals surface area contributed by atoms with E-state index in [1.807, 2.05) is 44.7 Å². The molecule has 204 valence electrons. The van der Waals surface area contributed by atoms with Gasteiger partial charge in [0.25, 0.3) is 0 Å². The molecule has 0 spiro atoms. The monoisotopic (exact) mass is 529 g/mol. The highest BCUT2D eigenvalue weighted by Crippen LogP contribution is 2.37. The number of nitrogens with zero attached hydrogens (tertiary/aromatic N) is 3. The van der Waals surface area contributed by atoms with Crippen LogP contribution in [0.1, 0.15) is 87.2 Å². The molecule has 7 nitrogen and oxygen atoms in total. The van der Waals surface area contributed by atoms with E-state index in [0.29, 0.717) is 36.0 Å². The number of carboxylic acids is 1. The van der Waals surface area contributed by atoms with Crippen molar-refractivity contribution in [2.45, 2.75) is 78.7 Å². The number of rotatable bonds is 7. The number of carbonyl (C=O) groups excluding carboxylic acids is 2. The molecule has 37 heavy (non-hydrogen) atoms. The van der Waals surface area contributed by atoms with Gasteiger partial charge in [0.2, 0.25) is 11.8 Å². The summed E-state index contributed by atoms with van der Waals surface area (Å²) in [6.07, 6.45) is 5.69. The molecule has 1 N–H and O–H groups in total. The molecular formula is C29H43N3O4S. The minimum atomic E-state index is -1.09. The van der Waals surface area contributed by atoms with Gasteiger partial charge in [0.05, 0.1) is 10.6 Å². The Hall–Kier alpha value is -2.37. The van der Waals surface area contributed by atoms with Gasteiger partial charge in [0.15, 0.2) is 0 Å².